The van der Waals surface area contributed by atoms with E-state index in [1.807, 2.05) is 55.2 Å². The van der Waals surface area contributed by atoms with E-state index < -0.39 is 0 Å². The lowest BCUT2D eigenvalue weighted by Gasteiger charge is -2.03. The van der Waals surface area contributed by atoms with E-state index in [1.54, 1.807) is 10.9 Å². The van der Waals surface area contributed by atoms with Gasteiger partial charge in [0.2, 0.25) is 0 Å². The fourth-order valence-electron chi connectivity index (χ4n) is 2.42. The van der Waals surface area contributed by atoms with E-state index in [9.17, 15) is 0 Å². The van der Waals surface area contributed by atoms with Crippen molar-refractivity contribution in [1.82, 2.24) is 9.78 Å². The highest BCUT2D eigenvalue weighted by atomic mass is 35.5. The van der Waals surface area contributed by atoms with Crippen molar-refractivity contribution in [2.24, 2.45) is 17.3 Å². The van der Waals surface area contributed by atoms with Crippen molar-refractivity contribution in [3.63, 3.8) is 0 Å². The highest BCUT2D eigenvalue weighted by molar-refractivity contribution is 5.57. The number of hydrogen-bond acceptors (Lipinski definition) is 4. The first kappa shape index (κ1) is 18.6. The third kappa shape index (κ3) is 4.42. The summed E-state index contributed by atoms with van der Waals surface area (Å²) in [5.41, 5.74) is 11.0. The molecular formula is C18H21ClN6. The first-order chi connectivity index (χ1) is 11.5. The minimum absolute atomic E-state index is 0. The molecule has 0 saturated heterocycles. The summed E-state index contributed by atoms with van der Waals surface area (Å²) in [5.74, 6) is 0.511. The lowest BCUT2D eigenvalue weighted by atomic mass is 10.1. The van der Waals surface area contributed by atoms with Crippen LogP contribution in [0, 0.1) is 13.8 Å². The van der Waals surface area contributed by atoms with Gasteiger partial charge in [0.1, 0.15) is 18.6 Å². The van der Waals surface area contributed by atoms with Crippen LogP contribution in [0.3, 0.4) is 0 Å². The van der Waals surface area contributed by atoms with Gasteiger partial charge in [0, 0.05) is 12.1 Å². The topological polar surface area (TPSA) is 72.4 Å². The number of nitrogens with zero attached hydrogens (tertiary/aromatic N) is 5. The fourth-order valence-corrected chi connectivity index (χ4v) is 2.42. The van der Waals surface area contributed by atoms with Crippen LogP contribution in [0.25, 0.3) is 0 Å². The van der Waals surface area contributed by atoms with Gasteiger partial charge in [-0.1, -0.05) is 17.7 Å². The molecule has 0 bridgehead atoms. The van der Waals surface area contributed by atoms with Crippen LogP contribution in [0.5, 0.6) is 0 Å². The molecule has 7 heteroatoms. The zero-order chi connectivity index (χ0) is 17.1. The zero-order valence-corrected chi connectivity index (χ0v) is 15.3. The number of anilines is 1. The van der Waals surface area contributed by atoms with Crippen molar-refractivity contribution in [3.05, 3.63) is 65.6 Å². The summed E-state index contributed by atoms with van der Waals surface area (Å²) < 4.78 is 3.71. The second kappa shape index (κ2) is 7.90. The number of nitrogens with two attached hydrogens (primary N) is 1. The Morgan fingerprint density at radius 2 is 1.76 bits per heavy atom. The largest absolute Gasteiger partial charge is 1.00 e. The van der Waals surface area contributed by atoms with E-state index >= 15 is 0 Å². The Labute approximate surface area is 153 Å². The molecule has 2 N–H and O–H groups in total. The lowest BCUT2D eigenvalue weighted by Crippen LogP contribution is -3.00. The summed E-state index contributed by atoms with van der Waals surface area (Å²) in [6.07, 6.45) is 5.64. The summed E-state index contributed by atoms with van der Waals surface area (Å²) in [6.45, 7) is 4.68. The molecule has 2 aromatic heterocycles. The summed E-state index contributed by atoms with van der Waals surface area (Å²) in [4.78, 5) is 0. The van der Waals surface area contributed by atoms with Gasteiger partial charge in [-0.2, -0.15) is 10.2 Å². The molecule has 0 aliphatic heterocycles. The Bertz CT molecular complexity index is 883. The number of rotatable bonds is 4. The maximum absolute atomic E-state index is 6.15. The maximum atomic E-state index is 6.15. The summed E-state index contributed by atoms with van der Waals surface area (Å²) in [7, 11) is 1.98. The van der Waals surface area contributed by atoms with E-state index in [4.69, 9.17) is 5.73 Å². The van der Waals surface area contributed by atoms with Crippen molar-refractivity contribution in [3.8, 4) is 0 Å². The fraction of sp³-hybridized carbons (Fsp3) is 0.222. The van der Waals surface area contributed by atoms with Crippen molar-refractivity contribution in [2.45, 2.75) is 20.4 Å². The molecule has 0 radical (unpaired) electrons. The third-order valence-electron chi connectivity index (χ3n) is 3.86. The zero-order valence-electron chi connectivity index (χ0n) is 14.5. The minimum Gasteiger partial charge on any atom is -1.00 e. The first-order valence-corrected chi connectivity index (χ1v) is 7.77. The SMILES string of the molecule is Cc1ccc(N=Nc2cnn(Cc3cc[n+](C)cc3)c2N)c(C)c1.[Cl-]. The van der Waals surface area contributed by atoms with E-state index in [-0.39, 0.29) is 12.4 Å². The molecule has 3 rings (SSSR count). The normalized spacial score (nSPS) is 10.8. The van der Waals surface area contributed by atoms with Crippen LogP contribution in [0.1, 0.15) is 16.7 Å². The molecule has 1 aromatic carbocycles. The van der Waals surface area contributed by atoms with Gasteiger partial charge < -0.3 is 18.1 Å². The van der Waals surface area contributed by atoms with Gasteiger partial charge in [-0.3, -0.25) is 0 Å². The standard InChI is InChI=1S/C18H21N6.ClH/c1-13-4-5-16(14(2)10-13)21-22-17-11-20-24(18(17)19)12-15-6-8-23(3)9-7-15;/h4-11H,12,19H2,1-3H3;1H/q+1;/p-1. The van der Waals surface area contributed by atoms with Gasteiger partial charge in [0.05, 0.1) is 18.4 Å². The lowest BCUT2D eigenvalue weighted by molar-refractivity contribution is -0.671. The molecule has 0 saturated carbocycles. The molecule has 0 atom stereocenters. The van der Waals surface area contributed by atoms with Crippen molar-refractivity contribution >= 4 is 17.2 Å². The third-order valence-corrected chi connectivity index (χ3v) is 3.86. The highest BCUT2D eigenvalue weighted by Crippen LogP contribution is 2.26. The van der Waals surface area contributed by atoms with E-state index in [2.05, 4.69) is 28.3 Å². The number of pyridine rings is 1. The van der Waals surface area contributed by atoms with Gasteiger partial charge in [0.25, 0.3) is 0 Å². The van der Waals surface area contributed by atoms with Gasteiger partial charge in [-0.25, -0.2) is 9.25 Å². The molecule has 130 valence electrons. The average Bonchev–Trinajstić information content (AvgIpc) is 2.89. The Balaban J connectivity index is 0.00000225. The Morgan fingerprint density at radius 1 is 1.08 bits per heavy atom. The Kier molecular flexibility index (Phi) is 5.88. The van der Waals surface area contributed by atoms with E-state index in [0.717, 1.165) is 16.8 Å². The van der Waals surface area contributed by atoms with Crippen LogP contribution in [-0.4, -0.2) is 9.78 Å². The van der Waals surface area contributed by atoms with Crippen molar-refractivity contribution < 1.29 is 17.0 Å². The molecule has 25 heavy (non-hydrogen) atoms. The highest BCUT2D eigenvalue weighted by Gasteiger charge is 2.08. The van der Waals surface area contributed by atoms with Gasteiger partial charge in [-0.15, -0.1) is 5.11 Å². The summed E-state index contributed by atoms with van der Waals surface area (Å²) in [6, 6.07) is 10.1. The first-order valence-electron chi connectivity index (χ1n) is 7.77. The Morgan fingerprint density at radius 3 is 2.44 bits per heavy atom. The minimum atomic E-state index is 0. The molecule has 0 unspecified atom stereocenters. The molecule has 0 fully saturated rings. The second-order valence-corrected chi connectivity index (χ2v) is 5.93. The predicted octanol–water partition coefficient (Wildman–Crippen LogP) is 0.374. The van der Waals surface area contributed by atoms with Crippen LogP contribution in [-0.2, 0) is 13.6 Å². The van der Waals surface area contributed by atoms with Gasteiger partial charge >= 0.3 is 0 Å². The number of hydrogen-bond donors (Lipinski definition) is 1. The van der Waals surface area contributed by atoms with Crippen LogP contribution in [0.15, 0.2) is 59.2 Å². The maximum Gasteiger partial charge on any atom is 0.168 e. The quantitative estimate of drug-likeness (QED) is 0.542. The van der Waals surface area contributed by atoms with Crippen LogP contribution in [0.2, 0.25) is 0 Å². The van der Waals surface area contributed by atoms with Crippen molar-refractivity contribution in [2.75, 3.05) is 5.73 Å². The molecule has 3 aromatic rings. The summed E-state index contributed by atoms with van der Waals surface area (Å²) >= 11 is 0. The number of aryl methyl sites for hydroxylation is 3. The van der Waals surface area contributed by atoms with Crippen LogP contribution in [0.4, 0.5) is 17.2 Å². The van der Waals surface area contributed by atoms with E-state index in [1.165, 1.54) is 5.56 Å². The number of nitrogen functional groups attached to an aromatic ring is 1. The number of halogens is 1. The van der Waals surface area contributed by atoms with Gasteiger partial charge in [0.15, 0.2) is 12.4 Å². The van der Waals surface area contributed by atoms with Gasteiger partial charge in [-0.05, 0) is 31.0 Å². The molecule has 0 amide bonds. The smallest absolute Gasteiger partial charge is 0.168 e. The summed E-state index contributed by atoms with van der Waals surface area (Å²) in [5, 5.41) is 12.9. The predicted molar refractivity (Wildman–Crippen MR) is 93.5 cm³/mol. The average molecular weight is 357 g/mol. The molecule has 0 spiro atoms. The van der Waals surface area contributed by atoms with Crippen LogP contribution >= 0.6 is 0 Å². The second-order valence-electron chi connectivity index (χ2n) is 5.93. The number of azo groups is 1. The molecule has 0 aliphatic carbocycles. The molecular weight excluding hydrogens is 336 g/mol. The molecule has 0 aliphatic rings. The van der Waals surface area contributed by atoms with Crippen LogP contribution < -0.4 is 22.7 Å². The molecule has 6 nitrogen and oxygen atoms in total. The Hall–Kier alpha value is -2.73. The number of aromatic nitrogens is 3. The molecule has 2 heterocycles. The monoisotopic (exact) mass is 356 g/mol. The van der Waals surface area contributed by atoms with E-state index in [0.29, 0.717) is 18.1 Å². The number of benzene rings is 1. The van der Waals surface area contributed by atoms with Crippen molar-refractivity contribution in [1.29, 1.82) is 0 Å².